The Hall–Kier alpha value is -0.390. The smallest absolute Gasteiger partial charge is 0.276 e. The highest BCUT2D eigenvalue weighted by atomic mass is 35.6. The minimum absolute atomic E-state index is 0.154. The second kappa shape index (κ2) is 7.57. The fourth-order valence-corrected chi connectivity index (χ4v) is 1.73. The summed E-state index contributed by atoms with van der Waals surface area (Å²) in [5.41, 5.74) is 0.401. The number of ether oxygens (including phenoxy) is 2. The number of nitrogens with one attached hydrogen (secondary N) is 1. The van der Waals surface area contributed by atoms with Crippen molar-refractivity contribution in [1.82, 2.24) is 0 Å². The predicted molar refractivity (Wildman–Crippen MR) is 82.3 cm³/mol. The molecule has 1 unspecified atom stereocenters. The van der Waals surface area contributed by atoms with E-state index in [1.807, 2.05) is 6.92 Å². The molecule has 1 N–H and O–H groups in total. The van der Waals surface area contributed by atoms with E-state index in [4.69, 9.17) is 55.9 Å². The zero-order valence-electron chi connectivity index (χ0n) is 10.8. The van der Waals surface area contributed by atoms with Crippen molar-refractivity contribution in [2.45, 2.75) is 16.8 Å². The molecular formula is C12H13Cl4NO3. The van der Waals surface area contributed by atoms with E-state index < -0.39 is 9.70 Å². The molecular weight excluding hydrogens is 348 g/mol. The van der Waals surface area contributed by atoms with Gasteiger partial charge in [0.05, 0.1) is 11.6 Å². The van der Waals surface area contributed by atoms with Crippen molar-refractivity contribution in [2.75, 3.05) is 19.0 Å². The third-order valence-electron chi connectivity index (χ3n) is 2.18. The number of hydrogen-bond donors (Lipinski definition) is 1. The Morgan fingerprint density at radius 1 is 1.40 bits per heavy atom. The molecule has 1 amide bonds. The van der Waals surface area contributed by atoms with E-state index in [1.54, 1.807) is 19.2 Å². The second-order valence-corrected chi connectivity index (χ2v) is 6.67. The van der Waals surface area contributed by atoms with E-state index in [-0.39, 0.29) is 6.10 Å². The number of anilines is 1. The molecule has 0 aliphatic carbocycles. The summed E-state index contributed by atoms with van der Waals surface area (Å²) in [6.45, 7) is 2.28. The molecule has 0 heterocycles. The van der Waals surface area contributed by atoms with Crippen LogP contribution in [0.25, 0.3) is 0 Å². The van der Waals surface area contributed by atoms with E-state index in [0.717, 1.165) is 0 Å². The van der Waals surface area contributed by atoms with Gasteiger partial charge >= 0.3 is 0 Å². The molecule has 1 atom stereocenters. The summed E-state index contributed by atoms with van der Waals surface area (Å²) in [6.07, 6.45) is -0.154. The maximum Gasteiger partial charge on any atom is 0.276 e. The molecule has 0 saturated heterocycles. The summed E-state index contributed by atoms with van der Waals surface area (Å²) in [5, 5.41) is 2.76. The molecule has 20 heavy (non-hydrogen) atoms. The first-order valence-electron chi connectivity index (χ1n) is 5.57. The fraction of sp³-hybridized carbons (Fsp3) is 0.417. The van der Waals surface area contributed by atoms with Gasteiger partial charge < -0.3 is 14.8 Å². The number of benzene rings is 1. The normalized spacial score (nSPS) is 12.9. The maximum absolute atomic E-state index is 11.5. The number of carbonyl (C=O) groups excluding carboxylic acids is 1. The van der Waals surface area contributed by atoms with Crippen molar-refractivity contribution in [3.8, 4) is 5.75 Å². The quantitative estimate of drug-likeness (QED) is 0.805. The van der Waals surface area contributed by atoms with Gasteiger partial charge in [-0.25, -0.2) is 0 Å². The summed E-state index contributed by atoms with van der Waals surface area (Å²) >= 11 is 22.4. The van der Waals surface area contributed by atoms with Gasteiger partial charge in [-0.2, -0.15) is 0 Å². The first-order valence-corrected chi connectivity index (χ1v) is 7.08. The standard InChI is InChI=1S/C12H13Cl4NO3/c1-7(6-19-2)20-10-4-3-8(5-9(10)13)17-11(18)12(14,15)16/h3-5,7H,6H2,1-2H3,(H,17,18). The molecule has 0 saturated carbocycles. The second-order valence-electron chi connectivity index (χ2n) is 3.98. The fourth-order valence-electron chi connectivity index (χ4n) is 1.36. The number of methoxy groups -OCH3 is 1. The lowest BCUT2D eigenvalue weighted by atomic mass is 10.3. The topological polar surface area (TPSA) is 47.6 Å². The molecule has 8 heteroatoms. The number of carbonyl (C=O) groups is 1. The zero-order valence-corrected chi connectivity index (χ0v) is 13.8. The number of amides is 1. The van der Waals surface area contributed by atoms with Crippen LogP contribution in [0.2, 0.25) is 5.02 Å². The first-order chi connectivity index (χ1) is 9.24. The molecule has 1 aromatic carbocycles. The Kier molecular flexibility index (Phi) is 6.69. The van der Waals surface area contributed by atoms with Crippen LogP contribution in [0.5, 0.6) is 5.75 Å². The van der Waals surface area contributed by atoms with Crippen molar-refractivity contribution in [2.24, 2.45) is 0 Å². The highest BCUT2D eigenvalue weighted by Gasteiger charge is 2.30. The summed E-state index contributed by atoms with van der Waals surface area (Å²) in [5.74, 6) is -0.289. The molecule has 0 aliphatic heterocycles. The molecule has 4 nitrogen and oxygen atoms in total. The molecule has 0 aliphatic rings. The average Bonchev–Trinajstić information content (AvgIpc) is 2.31. The van der Waals surface area contributed by atoms with E-state index in [0.29, 0.717) is 23.1 Å². The van der Waals surface area contributed by atoms with Gasteiger partial charge in [0.2, 0.25) is 0 Å². The minimum atomic E-state index is -2.03. The van der Waals surface area contributed by atoms with Gasteiger partial charge in [0.1, 0.15) is 11.9 Å². The van der Waals surface area contributed by atoms with Gasteiger partial charge in [0.15, 0.2) is 0 Å². The largest absolute Gasteiger partial charge is 0.487 e. The zero-order chi connectivity index (χ0) is 15.3. The van der Waals surface area contributed by atoms with Gasteiger partial charge in [-0.05, 0) is 25.1 Å². The van der Waals surface area contributed by atoms with Crippen LogP contribution in [0.4, 0.5) is 5.69 Å². The summed E-state index contributed by atoms with van der Waals surface area (Å²) < 4.78 is 8.49. The van der Waals surface area contributed by atoms with Gasteiger partial charge in [0, 0.05) is 12.8 Å². The van der Waals surface area contributed by atoms with E-state index in [2.05, 4.69) is 5.32 Å². The van der Waals surface area contributed by atoms with E-state index in [1.165, 1.54) is 6.07 Å². The van der Waals surface area contributed by atoms with Gasteiger partial charge in [0.25, 0.3) is 9.70 Å². The number of rotatable bonds is 5. The third-order valence-corrected chi connectivity index (χ3v) is 2.99. The van der Waals surface area contributed by atoms with Crippen molar-refractivity contribution >= 4 is 58.0 Å². The molecule has 0 fully saturated rings. The van der Waals surface area contributed by atoms with Crippen LogP contribution in [-0.4, -0.2) is 29.5 Å². The highest BCUT2D eigenvalue weighted by molar-refractivity contribution is 6.76. The summed E-state index contributed by atoms with van der Waals surface area (Å²) in [6, 6.07) is 4.71. The molecule has 1 aromatic rings. The predicted octanol–water partition coefficient (Wildman–Crippen LogP) is 4.06. The Labute approximate surface area is 137 Å². The Morgan fingerprint density at radius 2 is 2.05 bits per heavy atom. The Morgan fingerprint density at radius 3 is 2.55 bits per heavy atom. The van der Waals surface area contributed by atoms with Crippen LogP contribution in [0.1, 0.15) is 6.92 Å². The average molecular weight is 361 g/mol. The van der Waals surface area contributed by atoms with Crippen LogP contribution in [0.15, 0.2) is 18.2 Å². The van der Waals surface area contributed by atoms with E-state index >= 15 is 0 Å². The molecule has 0 aromatic heterocycles. The maximum atomic E-state index is 11.5. The molecule has 112 valence electrons. The van der Waals surface area contributed by atoms with Crippen molar-refractivity contribution < 1.29 is 14.3 Å². The lowest BCUT2D eigenvalue weighted by Gasteiger charge is -2.16. The lowest BCUT2D eigenvalue weighted by Crippen LogP contribution is -2.26. The summed E-state index contributed by atoms with van der Waals surface area (Å²) in [7, 11) is 1.58. The van der Waals surface area contributed by atoms with Crippen molar-refractivity contribution in [1.29, 1.82) is 0 Å². The Bertz CT molecular complexity index is 476. The number of halogens is 4. The number of hydrogen-bond acceptors (Lipinski definition) is 3. The molecule has 0 radical (unpaired) electrons. The van der Waals surface area contributed by atoms with Gasteiger partial charge in [-0.1, -0.05) is 46.4 Å². The third kappa shape index (κ3) is 5.54. The van der Waals surface area contributed by atoms with Crippen LogP contribution in [0.3, 0.4) is 0 Å². The first kappa shape index (κ1) is 17.7. The summed E-state index contributed by atoms with van der Waals surface area (Å²) in [4.78, 5) is 11.5. The van der Waals surface area contributed by atoms with Crippen molar-refractivity contribution in [3.63, 3.8) is 0 Å². The van der Waals surface area contributed by atoms with Crippen LogP contribution in [-0.2, 0) is 9.53 Å². The van der Waals surface area contributed by atoms with E-state index in [9.17, 15) is 4.79 Å². The molecule has 0 bridgehead atoms. The minimum Gasteiger partial charge on any atom is -0.487 e. The number of alkyl halides is 3. The highest BCUT2D eigenvalue weighted by Crippen LogP contribution is 2.31. The van der Waals surface area contributed by atoms with Gasteiger partial charge in [-0.15, -0.1) is 0 Å². The Balaban J connectivity index is 2.75. The van der Waals surface area contributed by atoms with Crippen LogP contribution >= 0.6 is 46.4 Å². The lowest BCUT2D eigenvalue weighted by molar-refractivity contribution is -0.115. The van der Waals surface area contributed by atoms with Crippen molar-refractivity contribution in [3.05, 3.63) is 23.2 Å². The SMILES string of the molecule is COCC(C)Oc1ccc(NC(=O)C(Cl)(Cl)Cl)cc1Cl. The molecule has 1 rings (SSSR count). The molecule has 0 spiro atoms. The van der Waals surface area contributed by atoms with Gasteiger partial charge in [-0.3, -0.25) is 4.79 Å². The van der Waals surface area contributed by atoms with Crippen LogP contribution in [0, 0.1) is 0 Å². The monoisotopic (exact) mass is 359 g/mol. The van der Waals surface area contributed by atoms with Crippen LogP contribution < -0.4 is 10.1 Å².